The molecule has 1 N–H and O–H groups in total. The quantitative estimate of drug-likeness (QED) is 0.643. The van der Waals surface area contributed by atoms with Gasteiger partial charge in [0, 0.05) is 6.54 Å². The number of para-hydroxylation sites is 1. The number of hydrogen-bond donors (Lipinski definition) is 1. The summed E-state index contributed by atoms with van der Waals surface area (Å²) in [6, 6.07) is 11.4. The Labute approximate surface area is 139 Å². The second kappa shape index (κ2) is 7.92. The molecule has 0 saturated heterocycles. The number of rotatable bonds is 6. The van der Waals surface area contributed by atoms with E-state index in [1.165, 1.54) is 0 Å². The lowest BCUT2D eigenvalue weighted by Gasteiger charge is -2.06. The molecule has 1 heterocycles. The van der Waals surface area contributed by atoms with Crippen LogP contribution in [0.3, 0.4) is 0 Å². The molecule has 1 amide bonds. The van der Waals surface area contributed by atoms with Gasteiger partial charge in [-0.15, -0.1) is 0 Å². The molecule has 24 heavy (non-hydrogen) atoms. The molecule has 0 radical (unpaired) electrons. The predicted molar refractivity (Wildman–Crippen MR) is 86.6 cm³/mol. The minimum Gasteiger partial charge on any atom is -0.452 e. The number of hydrogen-bond acceptors (Lipinski definition) is 5. The summed E-state index contributed by atoms with van der Waals surface area (Å²) in [4.78, 5) is 23.8. The van der Waals surface area contributed by atoms with Crippen LogP contribution in [0.5, 0.6) is 0 Å². The Morgan fingerprint density at radius 3 is 2.67 bits per heavy atom. The van der Waals surface area contributed by atoms with Gasteiger partial charge in [-0.3, -0.25) is 4.79 Å². The molecule has 0 aliphatic heterocycles. The molecule has 7 nitrogen and oxygen atoms in total. The number of aromatic nitrogens is 2. The first-order valence-electron chi connectivity index (χ1n) is 7.47. The number of ether oxygens (including phenoxy) is 1. The van der Waals surface area contributed by atoms with Crippen LogP contribution >= 0.6 is 0 Å². The molecule has 0 aliphatic rings. The number of nitriles is 1. The van der Waals surface area contributed by atoms with Crippen molar-refractivity contribution < 1.29 is 14.3 Å². The molecule has 0 aliphatic carbocycles. The predicted octanol–water partition coefficient (Wildman–Crippen LogP) is 1.68. The fourth-order valence-corrected chi connectivity index (χ4v) is 2.27. The van der Waals surface area contributed by atoms with Crippen LogP contribution in [0.1, 0.15) is 28.2 Å². The monoisotopic (exact) mass is 326 g/mol. The molecule has 0 bridgehead atoms. The zero-order valence-electron chi connectivity index (χ0n) is 13.6. The van der Waals surface area contributed by atoms with E-state index in [4.69, 9.17) is 10.00 Å². The number of carbonyl (C=O) groups is 2. The number of esters is 1. The Balaban J connectivity index is 2.07. The maximum atomic E-state index is 12.3. The van der Waals surface area contributed by atoms with Gasteiger partial charge in [0.1, 0.15) is 5.56 Å². The molecule has 2 aromatic rings. The van der Waals surface area contributed by atoms with Crippen molar-refractivity contribution in [3.05, 3.63) is 47.3 Å². The van der Waals surface area contributed by atoms with Crippen molar-refractivity contribution in [2.75, 3.05) is 13.2 Å². The molecule has 0 atom stereocenters. The lowest BCUT2D eigenvalue weighted by Crippen LogP contribution is -2.29. The van der Waals surface area contributed by atoms with Crippen molar-refractivity contribution in [1.29, 1.82) is 5.26 Å². The van der Waals surface area contributed by atoms with E-state index in [9.17, 15) is 9.59 Å². The summed E-state index contributed by atoms with van der Waals surface area (Å²) in [5.41, 5.74) is 2.37. The average Bonchev–Trinajstić information content (AvgIpc) is 2.88. The highest BCUT2D eigenvalue weighted by Crippen LogP contribution is 2.18. The normalized spacial score (nSPS) is 10.0. The summed E-state index contributed by atoms with van der Waals surface area (Å²) in [6.45, 7) is 3.34. The van der Waals surface area contributed by atoms with Crippen LogP contribution in [0.2, 0.25) is 0 Å². The van der Waals surface area contributed by atoms with Gasteiger partial charge >= 0.3 is 5.97 Å². The first-order chi connectivity index (χ1) is 11.5. The van der Waals surface area contributed by atoms with Gasteiger partial charge in [-0.25, -0.2) is 9.48 Å². The highest BCUT2D eigenvalue weighted by Gasteiger charge is 2.21. The number of nitrogens with zero attached hydrogens (tertiary/aromatic N) is 3. The summed E-state index contributed by atoms with van der Waals surface area (Å²) in [6.07, 6.45) is 0.210. The molecule has 2 rings (SSSR count). The Morgan fingerprint density at radius 2 is 2.00 bits per heavy atom. The van der Waals surface area contributed by atoms with Crippen LogP contribution in [0, 0.1) is 25.2 Å². The number of benzene rings is 1. The van der Waals surface area contributed by atoms with Crippen LogP contribution < -0.4 is 5.32 Å². The van der Waals surface area contributed by atoms with Gasteiger partial charge in [-0.2, -0.15) is 10.4 Å². The largest absolute Gasteiger partial charge is 0.452 e. The van der Waals surface area contributed by atoms with Crippen LogP contribution in [0.4, 0.5) is 0 Å². The summed E-state index contributed by atoms with van der Waals surface area (Å²) < 4.78 is 6.71. The van der Waals surface area contributed by atoms with Crippen LogP contribution in [-0.4, -0.2) is 34.8 Å². The Morgan fingerprint density at radius 1 is 1.29 bits per heavy atom. The summed E-state index contributed by atoms with van der Waals surface area (Å²) in [5, 5.41) is 15.3. The molecular weight excluding hydrogens is 308 g/mol. The SMILES string of the molecule is Cc1nn(-c2ccccc2)c(C)c1C(=O)OCC(=O)NCCC#N. The van der Waals surface area contributed by atoms with E-state index in [1.54, 1.807) is 18.5 Å². The second-order valence-corrected chi connectivity index (χ2v) is 5.13. The molecule has 0 fully saturated rings. The average molecular weight is 326 g/mol. The third kappa shape index (κ3) is 3.98. The van der Waals surface area contributed by atoms with Crippen molar-refractivity contribution in [2.24, 2.45) is 0 Å². The van der Waals surface area contributed by atoms with Gasteiger partial charge in [0.15, 0.2) is 6.61 Å². The lowest BCUT2D eigenvalue weighted by atomic mass is 10.2. The zero-order chi connectivity index (χ0) is 17.5. The third-order valence-corrected chi connectivity index (χ3v) is 3.39. The van der Waals surface area contributed by atoms with Crippen molar-refractivity contribution >= 4 is 11.9 Å². The van der Waals surface area contributed by atoms with E-state index >= 15 is 0 Å². The standard InChI is InChI=1S/C17H18N4O3/c1-12-16(17(23)24-11-15(22)19-10-6-9-18)13(2)21(20-12)14-7-4-3-5-8-14/h3-5,7-8H,6,10-11H2,1-2H3,(H,19,22). The number of carbonyl (C=O) groups excluding carboxylic acids is 2. The smallest absolute Gasteiger partial charge is 0.342 e. The van der Waals surface area contributed by atoms with Crippen molar-refractivity contribution in [1.82, 2.24) is 15.1 Å². The van der Waals surface area contributed by atoms with E-state index in [0.29, 0.717) is 17.0 Å². The van der Waals surface area contributed by atoms with Gasteiger partial charge in [0.2, 0.25) is 0 Å². The number of aryl methyl sites for hydroxylation is 1. The summed E-state index contributed by atoms with van der Waals surface area (Å²) in [7, 11) is 0. The van der Waals surface area contributed by atoms with Crippen molar-refractivity contribution in [3.63, 3.8) is 0 Å². The maximum Gasteiger partial charge on any atom is 0.342 e. The van der Waals surface area contributed by atoms with Gasteiger partial charge < -0.3 is 10.1 Å². The van der Waals surface area contributed by atoms with Crippen molar-refractivity contribution in [3.8, 4) is 11.8 Å². The van der Waals surface area contributed by atoms with E-state index in [2.05, 4.69) is 10.4 Å². The lowest BCUT2D eigenvalue weighted by molar-refractivity contribution is -0.124. The topological polar surface area (TPSA) is 97.0 Å². The van der Waals surface area contributed by atoms with Crippen LogP contribution in [0.15, 0.2) is 30.3 Å². The molecule has 124 valence electrons. The van der Waals surface area contributed by atoms with E-state index in [-0.39, 0.29) is 19.6 Å². The second-order valence-electron chi connectivity index (χ2n) is 5.13. The molecule has 0 spiro atoms. The van der Waals surface area contributed by atoms with Crippen LogP contribution in [0.25, 0.3) is 5.69 Å². The summed E-state index contributed by atoms with van der Waals surface area (Å²) >= 11 is 0. The molecular formula is C17H18N4O3. The Bertz CT molecular complexity index is 775. The van der Waals surface area contributed by atoms with Gasteiger partial charge in [0.05, 0.1) is 29.6 Å². The number of amides is 1. The summed E-state index contributed by atoms with van der Waals surface area (Å²) in [5.74, 6) is -1.04. The first kappa shape index (κ1) is 17.2. The molecule has 0 saturated carbocycles. The maximum absolute atomic E-state index is 12.3. The zero-order valence-corrected chi connectivity index (χ0v) is 13.6. The van der Waals surface area contributed by atoms with E-state index < -0.39 is 11.9 Å². The highest BCUT2D eigenvalue weighted by molar-refractivity contribution is 5.93. The minimum atomic E-state index is -0.595. The number of nitrogens with one attached hydrogen (secondary N) is 1. The fourth-order valence-electron chi connectivity index (χ4n) is 2.27. The first-order valence-corrected chi connectivity index (χ1v) is 7.47. The van der Waals surface area contributed by atoms with E-state index in [0.717, 1.165) is 5.69 Å². The van der Waals surface area contributed by atoms with Gasteiger partial charge in [-0.05, 0) is 26.0 Å². The van der Waals surface area contributed by atoms with Gasteiger partial charge in [0.25, 0.3) is 5.91 Å². The molecule has 0 unspecified atom stereocenters. The molecule has 1 aromatic carbocycles. The van der Waals surface area contributed by atoms with Crippen LogP contribution in [-0.2, 0) is 9.53 Å². The Kier molecular flexibility index (Phi) is 5.68. The molecule has 1 aromatic heterocycles. The third-order valence-electron chi connectivity index (χ3n) is 3.39. The fraction of sp³-hybridized carbons (Fsp3) is 0.294. The van der Waals surface area contributed by atoms with Gasteiger partial charge in [-0.1, -0.05) is 18.2 Å². The van der Waals surface area contributed by atoms with Crippen molar-refractivity contribution in [2.45, 2.75) is 20.3 Å². The molecule has 7 heteroatoms. The minimum absolute atomic E-state index is 0.210. The Hall–Kier alpha value is -3.14. The highest BCUT2D eigenvalue weighted by atomic mass is 16.5. The van der Waals surface area contributed by atoms with E-state index in [1.807, 2.05) is 36.4 Å².